The minimum absolute atomic E-state index is 0.106. The van der Waals surface area contributed by atoms with Gasteiger partial charge in [0, 0.05) is 24.0 Å². The third kappa shape index (κ3) is 7.08. The molecule has 0 unspecified atom stereocenters. The molecule has 7 nitrogen and oxygen atoms in total. The molecule has 0 heterocycles. The first kappa shape index (κ1) is 21.7. The molecule has 3 aromatic rings. The predicted molar refractivity (Wildman–Crippen MR) is 121 cm³/mol. The van der Waals surface area contributed by atoms with Crippen molar-refractivity contribution in [3.63, 3.8) is 0 Å². The fraction of sp³-hybridized carbons (Fsp3) is 0.167. The number of anilines is 2. The average Bonchev–Trinajstić information content (AvgIpc) is 2.82. The first-order valence-electron chi connectivity index (χ1n) is 9.90. The number of para-hydroxylation sites is 1. The Hall–Kier alpha value is -4.00. The van der Waals surface area contributed by atoms with Crippen LogP contribution in [-0.4, -0.2) is 38.6 Å². The van der Waals surface area contributed by atoms with Crippen LogP contribution in [0.25, 0.3) is 0 Å². The van der Waals surface area contributed by atoms with Crippen LogP contribution in [-0.2, 0) is 4.79 Å². The highest BCUT2D eigenvalue weighted by Crippen LogP contribution is 2.16. The molecule has 0 saturated heterocycles. The summed E-state index contributed by atoms with van der Waals surface area (Å²) in [5, 5.41) is 8.41. The Balaban J connectivity index is 1.37. The molecule has 3 aromatic carbocycles. The van der Waals surface area contributed by atoms with Gasteiger partial charge >= 0.3 is 0 Å². The van der Waals surface area contributed by atoms with Crippen molar-refractivity contribution in [3.05, 3.63) is 84.4 Å². The van der Waals surface area contributed by atoms with Gasteiger partial charge in [0.25, 0.3) is 5.91 Å². The summed E-state index contributed by atoms with van der Waals surface area (Å²) in [5.74, 6) is 1.17. The number of carbonyl (C=O) groups is 2. The minimum Gasteiger partial charge on any atom is -0.490 e. The van der Waals surface area contributed by atoms with E-state index in [2.05, 4.69) is 16.0 Å². The van der Waals surface area contributed by atoms with Crippen LogP contribution in [0.1, 0.15) is 10.4 Å². The van der Waals surface area contributed by atoms with Gasteiger partial charge in [-0.05, 0) is 60.7 Å². The summed E-state index contributed by atoms with van der Waals surface area (Å²) in [6, 6.07) is 23.6. The van der Waals surface area contributed by atoms with Gasteiger partial charge in [-0.25, -0.2) is 0 Å². The fourth-order valence-electron chi connectivity index (χ4n) is 2.74. The van der Waals surface area contributed by atoms with E-state index < -0.39 is 0 Å². The van der Waals surface area contributed by atoms with Gasteiger partial charge in [-0.3, -0.25) is 9.59 Å². The van der Waals surface area contributed by atoms with Crippen LogP contribution in [0.2, 0.25) is 0 Å². The molecule has 160 valence electrons. The van der Waals surface area contributed by atoms with E-state index in [4.69, 9.17) is 9.47 Å². The van der Waals surface area contributed by atoms with E-state index in [0.29, 0.717) is 30.2 Å². The molecule has 0 radical (unpaired) electrons. The summed E-state index contributed by atoms with van der Waals surface area (Å²) in [6.07, 6.45) is 0. The highest BCUT2D eigenvalue weighted by atomic mass is 16.5. The number of hydrogen-bond acceptors (Lipinski definition) is 5. The zero-order valence-electron chi connectivity index (χ0n) is 17.3. The van der Waals surface area contributed by atoms with E-state index in [1.165, 1.54) is 0 Å². The molecule has 0 fully saturated rings. The summed E-state index contributed by atoms with van der Waals surface area (Å²) >= 11 is 0. The fourth-order valence-corrected chi connectivity index (χ4v) is 2.74. The summed E-state index contributed by atoms with van der Waals surface area (Å²) in [7, 11) is 1.58. The number of ether oxygens (including phenoxy) is 2. The van der Waals surface area contributed by atoms with Crippen molar-refractivity contribution in [2.24, 2.45) is 0 Å². The van der Waals surface area contributed by atoms with Crippen LogP contribution in [0.4, 0.5) is 11.4 Å². The molecule has 7 heteroatoms. The molecule has 0 saturated carbocycles. The van der Waals surface area contributed by atoms with Crippen molar-refractivity contribution < 1.29 is 19.1 Å². The third-order valence-electron chi connectivity index (χ3n) is 4.33. The third-order valence-corrected chi connectivity index (χ3v) is 4.33. The molecular formula is C24H25N3O4. The molecule has 2 amide bonds. The molecule has 0 aliphatic rings. The van der Waals surface area contributed by atoms with Crippen molar-refractivity contribution in [3.8, 4) is 11.5 Å². The van der Waals surface area contributed by atoms with Gasteiger partial charge in [0.15, 0.2) is 0 Å². The van der Waals surface area contributed by atoms with Gasteiger partial charge < -0.3 is 25.4 Å². The maximum Gasteiger partial charge on any atom is 0.251 e. The van der Waals surface area contributed by atoms with E-state index in [1.807, 2.05) is 30.3 Å². The van der Waals surface area contributed by atoms with E-state index in [1.54, 1.807) is 55.6 Å². The lowest BCUT2D eigenvalue weighted by Crippen LogP contribution is -2.22. The number of carbonyl (C=O) groups excluding carboxylic acids is 2. The maximum atomic E-state index is 12.2. The standard InChI is InChI=1S/C24H25N3O4/c1-25-24(29)18-7-9-19(10-8-18)26-17-23(28)27-20-11-13-22(14-12-20)31-16-15-30-21-5-3-2-4-6-21/h2-14,26H,15-17H2,1H3,(H,25,29)(H,27,28). The van der Waals surface area contributed by atoms with Crippen LogP contribution in [0.3, 0.4) is 0 Å². The van der Waals surface area contributed by atoms with Crippen molar-refractivity contribution in [1.82, 2.24) is 5.32 Å². The summed E-state index contributed by atoms with van der Waals surface area (Å²) < 4.78 is 11.2. The zero-order valence-corrected chi connectivity index (χ0v) is 17.3. The lowest BCUT2D eigenvalue weighted by molar-refractivity contribution is -0.114. The molecule has 0 atom stereocenters. The number of nitrogens with one attached hydrogen (secondary N) is 3. The van der Waals surface area contributed by atoms with Gasteiger partial charge in [0.2, 0.25) is 5.91 Å². The Labute approximate surface area is 181 Å². The Bertz CT molecular complexity index is 974. The molecule has 0 aromatic heterocycles. The minimum atomic E-state index is -0.180. The van der Waals surface area contributed by atoms with Gasteiger partial charge in [-0.1, -0.05) is 18.2 Å². The number of hydrogen-bond donors (Lipinski definition) is 3. The molecule has 0 aliphatic heterocycles. The molecular weight excluding hydrogens is 394 g/mol. The number of rotatable bonds is 10. The van der Waals surface area contributed by atoms with Crippen molar-refractivity contribution >= 4 is 23.2 Å². The van der Waals surface area contributed by atoms with Gasteiger partial charge in [-0.2, -0.15) is 0 Å². The maximum absolute atomic E-state index is 12.2. The Morgan fingerprint density at radius 1 is 0.742 bits per heavy atom. The van der Waals surface area contributed by atoms with Gasteiger partial charge in [0.1, 0.15) is 24.7 Å². The summed E-state index contributed by atoms with van der Waals surface area (Å²) in [5.41, 5.74) is 1.99. The highest BCUT2D eigenvalue weighted by Gasteiger charge is 2.05. The Morgan fingerprint density at radius 3 is 1.94 bits per heavy atom. The van der Waals surface area contributed by atoms with Crippen LogP contribution in [0.15, 0.2) is 78.9 Å². The topological polar surface area (TPSA) is 88.7 Å². The summed E-state index contributed by atoms with van der Waals surface area (Å²) in [4.78, 5) is 23.7. The zero-order chi connectivity index (χ0) is 21.9. The van der Waals surface area contributed by atoms with Crippen LogP contribution >= 0.6 is 0 Å². The monoisotopic (exact) mass is 419 g/mol. The average molecular weight is 419 g/mol. The van der Waals surface area contributed by atoms with Crippen molar-refractivity contribution in [1.29, 1.82) is 0 Å². The molecule has 31 heavy (non-hydrogen) atoms. The Morgan fingerprint density at radius 2 is 1.32 bits per heavy atom. The first-order chi connectivity index (χ1) is 15.1. The van der Waals surface area contributed by atoms with Crippen LogP contribution < -0.4 is 25.4 Å². The lowest BCUT2D eigenvalue weighted by atomic mass is 10.2. The van der Waals surface area contributed by atoms with Gasteiger partial charge in [-0.15, -0.1) is 0 Å². The second-order valence-corrected chi connectivity index (χ2v) is 6.59. The van der Waals surface area contributed by atoms with Crippen LogP contribution in [0.5, 0.6) is 11.5 Å². The van der Waals surface area contributed by atoms with E-state index in [0.717, 1.165) is 11.4 Å². The number of benzene rings is 3. The van der Waals surface area contributed by atoms with Gasteiger partial charge in [0.05, 0.1) is 6.54 Å². The van der Waals surface area contributed by atoms with E-state index in [-0.39, 0.29) is 18.4 Å². The summed E-state index contributed by atoms with van der Waals surface area (Å²) in [6.45, 7) is 0.968. The SMILES string of the molecule is CNC(=O)c1ccc(NCC(=O)Nc2ccc(OCCOc3ccccc3)cc2)cc1. The molecule has 3 N–H and O–H groups in total. The second-order valence-electron chi connectivity index (χ2n) is 6.59. The van der Waals surface area contributed by atoms with Crippen molar-refractivity contribution in [2.45, 2.75) is 0 Å². The molecule has 0 spiro atoms. The van der Waals surface area contributed by atoms with Crippen molar-refractivity contribution in [2.75, 3.05) is 37.4 Å². The van der Waals surface area contributed by atoms with E-state index >= 15 is 0 Å². The smallest absolute Gasteiger partial charge is 0.251 e. The molecule has 3 rings (SSSR count). The highest BCUT2D eigenvalue weighted by molar-refractivity contribution is 5.95. The Kier molecular flexibility index (Phi) is 7.88. The molecule has 0 bridgehead atoms. The molecule has 0 aliphatic carbocycles. The largest absolute Gasteiger partial charge is 0.490 e. The predicted octanol–water partition coefficient (Wildman–Crippen LogP) is 3.55. The van der Waals surface area contributed by atoms with Crippen LogP contribution in [0, 0.1) is 0 Å². The second kappa shape index (κ2) is 11.3. The lowest BCUT2D eigenvalue weighted by Gasteiger charge is -2.10. The number of amides is 2. The first-order valence-corrected chi connectivity index (χ1v) is 9.90. The normalized spacial score (nSPS) is 10.1. The van der Waals surface area contributed by atoms with E-state index in [9.17, 15) is 9.59 Å². The quantitative estimate of drug-likeness (QED) is 0.438.